The van der Waals surface area contributed by atoms with Gasteiger partial charge in [-0.1, -0.05) is 6.08 Å². The molecule has 4 nitrogen and oxygen atoms in total. The Morgan fingerprint density at radius 2 is 2.21 bits per heavy atom. The molecular formula is C10H13NO3. The van der Waals surface area contributed by atoms with Gasteiger partial charge in [0.25, 0.3) is 0 Å². The zero-order valence-corrected chi connectivity index (χ0v) is 8.23. The van der Waals surface area contributed by atoms with Crippen molar-refractivity contribution in [3.05, 3.63) is 23.9 Å². The van der Waals surface area contributed by atoms with Crippen LogP contribution in [0.3, 0.4) is 0 Å². The Morgan fingerprint density at radius 1 is 1.43 bits per heavy atom. The molecule has 1 N–H and O–H groups in total. The molecule has 0 unspecified atom stereocenters. The summed E-state index contributed by atoms with van der Waals surface area (Å²) in [5, 5.41) is 8.67. The van der Waals surface area contributed by atoms with Crippen LogP contribution in [0.5, 0.6) is 11.6 Å². The molecule has 0 aliphatic rings. The Morgan fingerprint density at radius 3 is 2.79 bits per heavy atom. The van der Waals surface area contributed by atoms with Gasteiger partial charge in [0.05, 0.1) is 26.4 Å². The van der Waals surface area contributed by atoms with Gasteiger partial charge in [-0.05, 0) is 12.1 Å². The first-order valence-corrected chi connectivity index (χ1v) is 4.18. The Bertz CT molecular complexity index is 301. The summed E-state index contributed by atoms with van der Waals surface area (Å²) in [4.78, 5) is 4.02. The molecule has 0 aliphatic heterocycles. The van der Waals surface area contributed by atoms with Gasteiger partial charge in [-0.3, -0.25) is 0 Å². The molecule has 1 heterocycles. The summed E-state index contributed by atoms with van der Waals surface area (Å²) >= 11 is 0. The van der Waals surface area contributed by atoms with Crippen LogP contribution < -0.4 is 9.47 Å². The molecule has 0 saturated heterocycles. The number of rotatable bonds is 4. The first-order chi connectivity index (χ1) is 6.83. The van der Waals surface area contributed by atoms with Crippen molar-refractivity contribution >= 4 is 6.08 Å². The number of aliphatic hydroxyl groups is 1. The minimum absolute atomic E-state index is 0.0266. The maximum Gasteiger partial charge on any atom is 0.224 e. The molecule has 1 aromatic rings. The maximum atomic E-state index is 8.67. The Balaban J connectivity index is 3.12. The van der Waals surface area contributed by atoms with Crippen molar-refractivity contribution in [1.29, 1.82) is 0 Å². The molecule has 4 heteroatoms. The standard InChI is InChI=1S/C10H13NO3/c1-13-9-5-6-11-10(14-2)8(9)4-3-7-12/h3-6,12H,7H2,1-2H3/b4-3+. The van der Waals surface area contributed by atoms with Crippen LogP contribution in [0.25, 0.3) is 6.08 Å². The molecule has 1 rings (SSSR count). The minimum Gasteiger partial charge on any atom is -0.496 e. The van der Waals surface area contributed by atoms with Crippen LogP contribution in [0.1, 0.15) is 5.56 Å². The normalized spacial score (nSPS) is 10.5. The third-order valence-corrected chi connectivity index (χ3v) is 1.72. The summed E-state index contributed by atoms with van der Waals surface area (Å²) in [5.74, 6) is 1.15. The Kier molecular flexibility index (Phi) is 3.94. The van der Waals surface area contributed by atoms with Gasteiger partial charge >= 0.3 is 0 Å². The van der Waals surface area contributed by atoms with Crippen LogP contribution in [0.15, 0.2) is 18.3 Å². The molecule has 0 bridgehead atoms. The van der Waals surface area contributed by atoms with Gasteiger partial charge in [0, 0.05) is 6.20 Å². The number of hydrogen-bond acceptors (Lipinski definition) is 4. The van der Waals surface area contributed by atoms with E-state index in [9.17, 15) is 0 Å². The van der Waals surface area contributed by atoms with Crippen LogP contribution in [0.4, 0.5) is 0 Å². The summed E-state index contributed by atoms with van der Waals surface area (Å²) in [6.45, 7) is -0.0266. The number of aliphatic hydroxyl groups excluding tert-OH is 1. The van der Waals surface area contributed by atoms with Crippen LogP contribution in [0.2, 0.25) is 0 Å². The lowest BCUT2D eigenvalue weighted by Gasteiger charge is -2.07. The molecule has 0 aliphatic carbocycles. The lowest BCUT2D eigenvalue weighted by Crippen LogP contribution is -1.94. The highest BCUT2D eigenvalue weighted by molar-refractivity contribution is 5.61. The van der Waals surface area contributed by atoms with E-state index in [1.807, 2.05) is 0 Å². The summed E-state index contributed by atoms with van der Waals surface area (Å²) < 4.78 is 10.2. The fourth-order valence-electron chi connectivity index (χ4n) is 1.10. The molecule has 0 saturated carbocycles. The second-order valence-electron chi connectivity index (χ2n) is 2.52. The van der Waals surface area contributed by atoms with E-state index in [1.165, 1.54) is 7.11 Å². The van der Waals surface area contributed by atoms with E-state index in [0.717, 1.165) is 5.56 Å². The molecule has 0 radical (unpaired) electrons. The number of ether oxygens (including phenoxy) is 2. The van der Waals surface area contributed by atoms with E-state index in [4.69, 9.17) is 14.6 Å². The van der Waals surface area contributed by atoms with E-state index < -0.39 is 0 Å². The first kappa shape index (κ1) is 10.5. The summed E-state index contributed by atoms with van der Waals surface area (Å²) in [7, 11) is 3.11. The highest BCUT2D eigenvalue weighted by Gasteiger charge is 2.06. The lowest BCUT2D eigenvalue weighted by molar-refractivity contribution is 0.343. The zero-order chi connectivity index (χ0) is 10.4. The third-order valence-electron chi connectivity index (χ3n) is 1.72. The average Bonchev–Trinajstić information content (AvgIpc) is 2.25. The Labute approximate surface area is 82.8 Å². The largest absolute Gasteiger partial charge is 0.496 e. The molecule has 0 spiro atoms. The number of hydrogen-bond donors (Lipinski definition) is 1. The molecular weight excluding hydrogens is 182 g/mol. The predicted octanol–water partition coefficient (Wildman–Crippen LogP) is 1.10. The van der Waals surface area contributed by atoms with E-state index in [2.05, 4.69) is 4.98 Å². The van der Waals surface area contributed by atoms with Gasteiger partial charge in [0.1, 0.15) is 5.75 Å². The summed E-state index contributed by atoms with van der Waals surface area (Å²) in [5.41, 5.74) is 0.728. The summed E-state index contributed by atoms with van der Waals surface area (Å²) in [6, 6.07) is 1.74. The molecule has 1 aromatic heterocycles. The highest BCUT2D eigenvalue weighted by Crippen LogP contribution is 2.26. The highest BCUT2D eigenvalue weighted by atomic mass is 16.5. The second kappa shape index (κ2) is 5.24. The van der Waals surface area contributed by atoms with Crippen LogP contribution in [-0.2, 0) is 0 Å². The number of pyridine rings is 1. The fourth-order valence-corrected chi connectivity index (χ4v) is 1.10. The molecule has 0 atom stereocenters. The molecule has 14 heavy (non-hydrogen) atoms. The molecule has 0 aromatic carbocycles. The molecule has 0 amide bonds. The van der Waals surface area contributed by atoms with Crippen LogP contribution >= 0.6 is 0 Å². The van der Waals surface area contributed by atoms with E-state index in [-0.39, 0.29) is 6.61 Å². The molecule has 76 valence electrons. The smallest absolute Gasteiger partial charge is 0.224 e. The molecule has 0 fully saturated rings. The van der Waals surface area contributed by atoms with Crippen LogP contribution in [-0.4, -0.2) is 30.9 Å². The lowest BCUT2D eigenvalue weighted by atomic mass is 10.2. The maximum absolute atomic E-state index is 8.67. The SMILES string of the molecule is COc1ccnc(OC)c1/C=C/CO. The van der Waals surface area contributed by atoms with Gasteiger partial charge in [-0.15, -0.1) is 0 Å². The van der Waals surface area contributed by atoms with Crippen molar-refractivity contribution in [3.63, 3.8) is 0 Å². The van der Waals surface area contributed by atoms with E-state index >= 15 is 0 Å². The zero-order valence-electron chi connectivity index (χ0n) is 8.23. The van der Waals surface area contributed by atoms with Crippen molar-refractivity contribution in [1.82, 2.24) is 4.98 Å². The number of aromatic nitrogens is 1. The summed E-state index contributed by atoms with van der Waals surface area (Å²) in [6.07, 6.45) is 4.92. The fraction of sp³-hybridized carbons (Fsp3) is 0.300. The van der Waals surface area contributed by atoms with Gasteiger partial charge < -0.3 is 14.6 Å². The van der Waals surface area contributed by atoms with E-state index in [0.29, 0.717) is 11.6 Å². The van der Waals surface area contributed by atoms with Crippen molar-refractivity contribution < 1.29 is 14.6 Å². The predicted molar refractivity (Wildman–Crippen MR) is 53.5 cm³/mol. The number of methoxy groups -OCH3 is 2. The minimum atomic E-state index is -0.0266. The monoisotopic (exact) mass is 195 g/mol. The third kappa shape index (κ3) is 2.23. The van der Waals surface area contributed by atoms with Crippen molar-refractivity contribution in [2.45, 2.75) is 0 Å². The first-order valence-electron chi connectivity index (χ1n) is 4.18. The van der Waals surface area contributed by atoms with Crippen molar-refractivity contribution in [3.8, 4) is 11.6 Å². The Hall–Kier alpha value is -1.55. The number of nitrogens with zero attached hydrogens (tertiary/aromatic N) is 1. The topological polar surface area (TPSA) is 51.6 Å². The van der Waals surface area contributed by atoms with Gasteiger partial charge in [0.2, 0.25) is 5.88 Å². The van der Waals surface area contributed by atoms with Crippen LogP contribution in [0, 0.1) is 0 Å². The quantitative estimate of drug-likeness (QED) is 0.781. The van der Waals surface area contributed by atoms with E-state index in [1.54, 1.807) is 31.5 Å². The van der Waals surface area contributed by atoms with Crippen molar-refractivity contribution in [2.75, 3.05) is 20.8 Å². The van der Waals surface area contributed by atoms with Gasteiger partial charge in [-0.2, -0.15) is 0 Å². The average molecular weight is 195 g/mol. The van der Waals surface area contributed by atoms with Gasteiger partial charge in [-0.25, -0.2) is 4.98 Å². The van der Waals surface area contributed by atoms with Gasteiger partial charge in [0.15, 0.2) is 0 Å². The second-order valence-corrected chi connectivity index (χ2v) is 2.52. The van der Waals surface area contributed by atoms with Crippen molar-refractivity contribution in [2.24, 2.45) is 0 Å².